The first kappa shape index (κ1) is 16.8. The van der Waals surface area contributed by atoms with Crippen molar-refractivity contribution >= 4 is 29.3 Å². The number of benzene rings is 1. The Morgan fingerprint density at radius 2 is 2.12 bits per heavy atom. The number of hydrogen-bond donors (Lipinski definition) is 1. The second-order valence-corrected chi connectivity index (χ2v) is 5.45. The molecule has 2 aliphatic rings. The van der Waals surface area contributed by atoms with Gasteiger partial charge in [-0.2, -0.15) is 9.98 Å². The van der Waals surface area contributed by atoms with E-state index in [0.29, 0.717) is 23.8 Å². The van der Waals surface area contributed by atoms with E-state index in [1.54, 1.807) is 31.4 Å². The Balaban J connectivity index is 1.89. The second kappa shape index (κ2) is 7.67. The molecule has 4 amide bonds. The first-order valence-electron chi connectivity index (χ1n) is 7.87. The number of ether oxygens (including phenoxy) is 1. The van der Waals surface area contributed by atoms with Crippen molar-refractivity contribution in [1.82, 2.24) is 4.90 Å². The zero-order valence-corrected chi connectivity index (χ0v) is 13.8. The van der Waals surface area contributed by atoms with Crippen LogP contribution in [0.4, 0.5) is 15.3 Å². The van der Waals surface area contributed by atoms with E-state index in [4.69, 9.17) is 4.74 Å². The van der Waals surface area contributed by atoms with Gasteiger partial charge >= 0.3 is 12.1 Å². The number of amidine groups is 1. The third-order valence-electron chi connectivity index (χ3n) is 3.77. The summed E-state index contributed by atoms with van der Waals surface area (Å²) >= 11 is 0. The molecule has 7 heteroatoms. The van der Waals surface area contributed by atoms with E-state index < -0.39 is 12.1 Å². The summed E-state index contributed by atoms with van der Waals surface area (Å²) < 4.78 is 5.05. The van der Waals surface area contributed by atoms with Crippen molar-refractivity contribution in [1.29, 1.82) is 0 Å². The highest BCUT2D eigenvalue weighted by Crippen LogP contribution is 2.21. The minimum atomic E-state index is -0.541. The zero-order valence-electron chi connectivity index (χ0n) is 13.8. The Morgan fingerprint density at radius 3 is 2.88 bits per heavy atom. The summed E-state index contributed by atoms with van der Waals surface area (Å²) in [5.41, 5.74) is 1.21. The maximum Gasteiger partial charge on any atom is 0.349 e. The van der Waals surface area contributed by atoms with E-state index in [9.17, 15) is 9.59 Å². The number of aliphatic imine (C=N–C) groups is 2. The van der Waals surface area contributed by atoms with Crippen molar-refractivity contribution < 1.29 is 14.3 Å². The quantitative estimate of drug-likeness (QED) is 0.916. The Hall–Kier alpha value is -3.06. The number of carbonyl (C=O) groups is 2. The molecule has 0 fully saturated rings. The maximum absolute atomic E-state index is 12.3. The molecule has 0 aromatic heterocycles. The zero-order chi connectivity index (χ0) is 17.6. The number of para-hydroxylation sites is 1. The number of methoxy groups -OCH3 is 1. The molecular formula is C18H18N4O3. The Morgan fingerprint density at radius 1 is 1.32 bits per heavy atom. The molecule has 7 nitrogen and oxygen atoms in total. The smallest absolute Gasteiger partial charge is 0.349 e. The van der Waals surface area contributed by atoms with Gasteiger partial charge in [-0.05, 0) is 18.2 Å². The van der Waals surface area contributed by atoms with Gasteiger partial charge in [-0.15, -0.1) is 0 Å². The van der Waals surface area contributed by atoms with Crippen molar-refractivity contribution in [3.05, 3.63) is 54.6 Å². The van der Waals surface area contributed by atoms with E-state index in [0.717, 1.165) is 0 Å². The molecule has 1 aromatic rings. The van der Waals surface area contributed by atoms with Crippen LogP contribution >= 0.6 is 0 Å². The van der Waals surface area contributed by atoms with Gasteiger partial charge in [-0.1, -0.05) is 36.4 Å². The summed E-state index contributed by atoms with van der Waals surface area (Å²) in [6.07, 6.45) is 7.26. The van der Waals surface area contributed by atoms with E-state index in [1.807, 2.05) is 30.4 Å². The normalized spacial score (nSPS) is 20.4. The average Bonchev–Trinajstić information content (AvgIpc) is 2.62. The van der Waals surface area contributed by atoms with E-state index in [1.165, 1.54) is 4.90 Å². The average molecular weight is 338 g/mol. The van der Waals surface area contributed by atoms with Gasteiger partial charge in [0.05, 0.1) is 24.8 Å². The highest BCUT2D eigenvalue weighted by atomic mass is 16.5. The Kier molecular flexibility index (Phi) is 5.15. The van der Waals surface area contributed by atoms with E-state index in [-0.39, 0.29) is 12.5 Å². The molecule has 3 rings (SSSR count). The second-order valence-electron chi connectivity index (χ2n) is 5.45. The van der Waals surface area contributed by atoms with Crippen LogP contribution in [0.3, 0.4) is 0 Å². The van der Waals surface area contributed by atoms with Crippen LogP contribution in [0.1, 0.15) is 0 Å². The number of urea groups is 2. The molecule has 0 saturated carbocycles. The molecular weight excluding hydrogens is 320 g/mol. The van der Waals surface area contributed by atoms with Gasteiger partial charge in [0.1, 0.15) is 5.84 Å². The van der Waals surface area contributed by atoms with Crippen LogP contribution < -0.4 is 5.32 Å². The van der Waals surface area contributed by atoms with Crippen molar-refractivity contribution in [2.24, 2.45) is 15.9 Å². The Bertz CT molecular complexity index is 781. The van der Waals surface area contributed by atoms with Gasteiger partial charge in [0.15, 0.2) is 0 Å². The fourth-order valence-corrected chi connectivity index (χ4v) is 2.59. The number of fused-ring (bicyclic) bond motifs is 1. The Labute approximate surface area is 145 Å². The number of anilines is 1. The number of nitrogens with zero attached hydrogens (tertiary/aromatic N) is 3. The summed E-state index contributed by atoms with van der Waals surface area (Å²) in [7, 11) is 1.55. The number of carbonyl (C=O) groups excluding carboxylic acids is 2. The molecule has 0 saturated heterocycles. The summed E-state index contributed by atoms with van der Waals surface area (Å²) in [6, 6.07) is 8.03. The van der Waals surface area contributed by atoms with Crippen LogP contribution in [0.25, 0.3) is 0 Å². The van der Waals surface area contributed by atoms with Gasteiger partial charge in [0, 0.05) is 12.8 Å². The summed E-state index contributed by atoms with van der Waals surface area (Å²) in [5, 5.41) is 2.70. The number of allylic oxidation sites excluding steroid dienone is 3. The van der Waals surface area contributed by atoms with Crippen LogP contribution in [0.5, 0.6) is 0 Å². The number of amides is 4. The molecule has 1 atom stereocenters. The molecule has 128 valence electrons. The van der Waals surface area contributed by atoms with Crippen LogP contribution in [0.15, 0.2) is 64.6 Å². The van der Waals surface area contributed by atoms with Crippen molar-refractivity contribution in [2.45, 2.75) is 0 Å². The van der Waals surface area contributed by atoms with Gasteiger partial charge in [-0.25, -0.2) is 9.59 Å². The molecule has 1 aliphatic carbocycles. The first-order chi connectivity index (χ1) is 12.2. The van der Waals surface area contributed by atoms with Crippen LogP contribution in [0.2, 0.25) is 0 Å². The molecule has 0 bridgehead atoms. The largest absolute Gasteiger partial charge is 0.383 e. The lowest BCUT2D eigenvalue weighted by atomic mass is 9.95. The topological polar surface area (TPSA) is 83.4 Å². The lowest BCUT2D eigenvalue weighted by Gasteiger charge is -2.31. The fourth-order valence-electron chi connectivity index (χ4n) is 2.59. The van der Waals surface area contributed by atoms with Crippen LogP contribution in [-0.4, -0.2) is 48.8 Å². The SMILES string of the molecule is COCCN1C(=O)N=C2C=CC=CC2/C1=N/C(=O)Nc1ccccc1. The third kappa shape index (κ3) is 3.89. The number of rotatable bonds is 4. The number of nitrogens with one attached hydrogen (secondary N) is 1. The van der Waals surface area contributed by atoms with Crippen LogP contribution in [0, 0.1) is 5.92 Å². The van der Waals surface area contributed by atoms with E-state index in [2.05, 4.69) is 15.3 Å². The maximum atomic E-state index is 12.3. The molecule has 0 spiro atoms. The minimum Gasteiger partial charge on any atom is -0.383 e. The van der Waals surface area contributed by atoms with Gasteiger partial charge in [0.2, 0.25) is 0 Å². The molecule has 1 aliphatic heterocycles. The molecule has 1 heterocycles. The number of hydrogen-bond acceptors (Lipinski definition) is 3. The minimum absolute atomic E-state index is 0.275. The molecule has 25 heavy (non-hydrogen) atoms. The van der Waals surface area contributed by atoms with Crippen molar-refractivity contribution in [2.75, 3.05) is 25.6 Å². The van der Waals surface area contributed by atoms with Gasteiger partial charge in [-0.3, -0.25) is 4.90 Å². The molecule has 1 N–H and O–H groups in total. The summed E-state index contributed by atoms with van der Waals surface area (Å²) in [6.45, 7) is 0.597. The predicted molar refractivity (Wildman–Crippen MR) is 96.1 cm³/mol. The molecule has 1 aromatic carbocycles. The fraction of sp³-hybridized carbons (Fsp3) is 0.222. The predicted octanol–water partition coefficient (Wildman–Crippen LogP) is 2.88. The molecule has 0 radical (unpaired) electrons. The highest BCUT2D eigenvalue weighted by molar-refractivity contribution is 6.24. The van der Waals surface area contributed by atoms with Crippen molar-refractivity contribution in [3.8, 4) is 0 Å². The van der Waals surface area contributed by atoms with Gasteiger partial charge in [0.25, 0.3) is 0 Å². The highest BCUT2D eigenvalue weighted by Gasteiger charge is 2.34. The summed E-state index contributed by atoms with van der Waals surface area (Å²) in [5.74, 6) is 0.0159. The lowest BCUT2D eigenvalue weighted by molar-refractivity contribution is 0.174. The van der Waals surface area contributed by atoms with E-state index >= 15 is 0 Å². The van der Waals surface area contributed by atoms with Gasteiger partial charge < -0.3 is 10.1 Å². The first-order valence-corrected chi connectivity index (χ1v) is 7.87. The standard InChI is InChI=1S/C18H18N4O3/c1-25-12-11-22-16(14-9-5-6-10-15(14)20-18(22)24)21-17(23)19-13-7-3-2-4-8-13/h2-10,14H,11-12H2,1H3,(H,19,23)/b21-16-. The monoisotopic (exact) mass is 338 g/mol. The molecule has 1 unspecified atom stereocenters. The lowest BCUT2D eigenvalue weighted by Crippen LogP contribution is -2.48. The summed E-state index contributed by atoms with van der Waals surface area (Å²) in [4.78, 5) is 34.3. The van der Waals surface area contributed by atoms with Crippen LogP contribution in [-0.2, 0) is 4.74 Å². The van der Waals surface area contributed by atoms with Crippen molar-refractivity contribution in [3.63, 3.8) is 0 Å². The third-order valence-corrected chi connectivity index (χ3v) is 3.77.